The maximum atomic E-state index is 13.3. The summed E-state index contributed by atoms with van der Waals surface area (Å²) >= 11 is 5.92. The van der Waals surface area contributed by atoms with E-state index in [4.69, 9.17) is 16.3 Å². The van der Waals surface area contributed by atoms with Gasteiger partial charge in [-0.15, -0.1) is 0 Å². The number of benzene rings is 3. The number of nitrogens with one attached hydrogen (secondary N) is 1. The molecule has 0 saturated heterocycles. The highest BCUT2D eigenvalue weighted by molar-refractivity contribution is 6.30. The Balaban J connectivity index is 1.46. The number of carbonyl (C=O) groups excluding carboxylic acids is 3. The van der Waals surface area contributed by atoms with Crippen LogP contribution in [0.4, 0.5) is 0 Å². The second-order valence-corrected chi connectivity index (χ2v) is 8.28. The van der Waals surface area contributed by atoms with Crippen LogP contribution in [-0.4, -0.2) is 33.7 Å². The predicted molar refractivity (Wildman–Crippen MR) is 124 cm³/mol. The van der Waals surface area contributed by atoms with Gasteiger partial charge in [0, 0.05) is 28.5 Å². The van der Waals surface area contributed by atoms with Crippen molar-refractivity contribution in [1.29, 1.82) is 0 Å². The van der Waals surface area contributed by atoms with Crippen molar-refractivity contribution in [2.45, 2.75) is 19.1 Å². The highest BCUT2D eigenvalue weighted by atomic mass is 35.5. The zero-order valence-electron chi connectivity index (χ0n) is 17.5. The minimum absolute atomic E-state index is 0.00353. The quantitative estimate of drug-likeness (QED) is 0.333. The molecule has 7 heteroatoms. The number of para-hydroxylation sites is 1. The molecule has 1 aliphatic rings. The Labute approximate surface area is 194 Å². The third kappa shape index (κ3) is 3.90. The number of carbonyl (C=O) groups is 3. The highest BCUT2D eigenvalue weighted by Gasteiger charge is 2.43. The van der Waals surface area contributed by atoms with Crippen LogP contribution in [0.3, 0.4) is 0 Å². The number of amides is 2. The molecule has 0 fully saturated rings. The first-order valence-electron chi connectivity index (χ1n) is 10.5. The lowest BCUT2D eigenvalue weighted by atomic mass is 10.0. The molecule has 0 spiro atoms. The van der Waals surface area contributed by atoms with E-state index in [-0.39, 0.29) is 24.2 Å². The number of aromatic amines is 1. The van der Waals surface area contributed by atoms with Crippen molar-refractivity contribution in [3.8, 4) is 0 Å². The number of hydrogen-bond acceptors (Lipinski definition) is 4. The lowest BCUT2D eigenvalue weighted by Crippen LogP contribution is -2.47. The minimum atomic E-state index is -1.11. The number of hydrogen-bond donors (Lipinski definition) is 1. The Kier molecular flexibility index (Phi) is 5.44. The average molecular weight is 459 g/mol. The Morgan fingerprint density at radius 2 is 1.55 bits per heavy atom. The molecule has 4 aromatic rings. The molecule has 1 atom stereocenters. The summed E-state index contributed by atoms with van der Waals surface area (Å²) in [6, 6.07) is 20.1. The van der Waals surface area contributed by atoms with E-state index in [1.165, 1.54) is 0 Å². The molecule has 3 aromatic carbocycles. The number of fused-ring (bicyclic) bond motifs is 2. The first-order chi connectivity index (χ1) is 16.0. The summed E-state index contributed by atoms with van der Waals surface area (Å²) in [5.74, 6) is -1.64. The second kappa shape index (κ2) is 8.56. The molecular weight excluding hydrogens is 440 g/mol. The molecule has 0 aliphatic carbocycles. The fraction of sp³-hybridized carbons (Fsp3) is 0.115. The molecule has 2 heterocycles. The van der Waals surface area contributed by atoms with Gasteiger partial charge < -0.3 is 9.72 Å². The zero-order chi connectivity index (χ0) is 22.9. The summed E-state index contributed by atoms with van der Waals surface area (Å²) < 4.78 is 5.56. The van der Waals surface area contributed by atoms with E-state index in [1.54, 1.807) is 54.7 Å². The van der Waals surface area contributed by atoms with Crippen molar-refractivity contribution in [1.82, 2.24) is 9.88 Å². The van der Waals surface area contributed by atoms with Crippen molar-refractivity contribution in [2.24, 2.45) is 0 Å². The minimum Gasteiger partial charge on any atom is -0.459 e. The van der Waals surface area contributed by atoms with Crippen LogP contribution in [0.15, 0.2) is 79.0 Å². The van der Waals surface area contributed by atoms with E-state index in [1.807, 2.05) is 24.3 Å². The molecule has 1 aliphatic heterocycles. The van der Waals surface area contributed by atoms with Gasteiger partial charge in [0.1, 0.15) is 12.6 Å². The van der Waals surface area contributed by atoms with Gasteiger partial charge in [-0.3, -0.25) is 14.5 Å². The van der Waals surface area contributed by atoms with E-state index in [0.29, 0.717) is 5.02 Å². The van der Waals surface area contributed by atoms with Crippen LogP contribution in [0.25, 0.3) is 10.9 Å². The molecule has 2 amide bonds. The summed E-state index contributed by atoms with van der Waals surface area (Å²) in [5.41, 5.74) is 3.05. The van der Waals surface area contributed by atoms with Crippen LogP contribution >= 0.6 is 11.6 Å². The average Bonchev–Trinajstić information content (AvgIpc) is 3.36. The van der Waals surface area contributed by atoms with Gasteiger partial charge in [-0.25, -0.2) is 4.79 Å². The molecule has 0 unspecified atom stereocenters. The molecule has 1 N–H and O–H groups in total. The monoisotopic (exact) mass is 458 g/mol. The second-order valence-electron chi connectivity index (χ2n) is 7.84. The molecule has 5 rings (SSSR count). The van der Waals surface area contributed by atoms with Gasteiger partial charge in [0.15, 0.2) is 0 Å². The van der Waals surface area contributed by atoms with E-state index < -0.39 is 23.8 Å². The van der Waals surface area contributed by atoms with Crippen molar-refractivity contribution in [3.05, 3.63) is 106 Å². The maximum absolute atomic E-state index is 13.3. The van der Waals surface area contributed by atoms with Crippen LogP contribution in [0.1, 0.15) is 31.8 Å². The molecule has 0 bridgehead atoms. The van der Waals surface area contributed by atoms with Gasteiger partial charge in [-0.1, -0.05) is 54.1 Å². The normalized spacial score (nSPS) is 13.9. The van der Waals surface area contributed by atoms with Crippen molar-refractivity contribution in [2.75, 3.05) is 0 Å². The summed E-state index contributed by atoms with van der Waals surface area (Å²) in [5, 5.41) is 1.50. The van der Waals surface area contributed by atoms with Crippen LogP contribution in [0, 0.1) is 0 Å². The number of ether oxygens (including phenoxy) is 1. The van der Waals surface area contributed by atoms with Gasteiger partial charge in [0.2, 0.25) is 0 Å². The Bertz CT molecular complexity index is 1340. The van der Waals surface area contributed by atoms with E-state index in [0.717, 1.165) is 26.9 Å². The Morgan fingerprint density at radius 1 is 0.909 bits per heavy atom. The molecular formula is C26H19ClN2O4. The van der Waals surface area contributed by atoms with E-state index >= 15 is 0 Å². The first-order valence-corrected chi connectivity index (χ1v) is 10.8. The van der Waals surface area contributed by atoms with Crippen LogP contribution in [-0.2, 0) is 22.6 Å². The summed E-state index contributed by atoms with van der Waals surface area (Å²) in [6.07, 6.45) is 1.93. The van der Waals surface area contributed by atoms with Crippen molar-refractivity contribution >= 4 is 40.3 Å². The maximum Gasteiger partial charge on any atom is 0.330 e. The summed E-state index contributed by atoms with van der Waals surface area (Å²) in [6.45, 7) is 0.00353. The number of imide groups is 1. The molecule has 0 saturated carbocycles. The first kappa shape index (κ1) is 21.0. The molecule has 164 valence electrons. The summed E-state index contributed by atoms with van der Waals surface area (Å²) in [4.78, 5) is 43.7. The molecule has 6 nitrogen and oxygen atoms in total. The van der Waals surface area contributed by atoms with Gasteiger partial charge in [-0.2, -0.15) is 0 Å². The number of esters is 1. The number of rotatable bonds is 6. The van der Waals surface area contributed by atoms with Crippen LogP contribution < -0.4 is 0 Å². The van der Waals surface area contributed by atoms with Gasteiger partial charge in [0.05, 0.1) is 11.1 Å². The van der Waals surface area contributed by atoms with Gasteiger partial charge in [0.25, 0.3) is 11.8 Å². The van der Waals surface area contributed by atoms with Crippen molar-refractivity contribution < 1.29 is 19.1 Å². The third-order valence-electron chi connectivity index (χ3n) is 5.79. The van der Waals surface area contributed by atoms with Gasteiger partial charge in [-0.05, 0) is 41.5 Å². The number of aromatic nitrogens is 1. The number of halogens is 1. The van der Waals surface area contributed by atoms with E-state index in [2.05, 4.69) is 4.98 Å². The molecule has 0 radical (unpaired) electrons. The van der Waals surface area contributed by atoms with E-state index in [9.17, 15) is 14.4 Å². The molecule has 1 aromatic heterocycles. The lowest BCUT2D eigenvalue weighted by Gasteiger charge is -2.24. The van der Waals surface area contributed by atoms with Gasteiger partial charge >= 0.3 is 5.97 Å². The number of nitrogens with zero attached hydrogens (tertiary/aromatic N) is 1. The fourth-order valence-electron chi connectivity index (χ4n) is 4.11. The smallest absolute Gasteiger partial charge is 0.330 e. The van der Waals surface area contributed by atoms with Crippen LogP contribution in [0.5, 0.6) is 0 Å². The standard InChI is InChI=1S/C26H19ClN2O4/c27-18-11-9-16(10-12-18)15-33-26(32)23(13-17-14-28-22-8-4-3-5-19(17)22)29-24(30)20-6-1-2-7-21(20)25(29)31/h1-12,14,23,28H,13,15H2/t23-/m0/s1. The largest absolute Gasteiger partial charge is 0.459 e. The third-order valence-corrected chi connectivity index (χ3v) is 6.04. The topological polar surface area (TPSA) is 79.5 Å². The van der Waals surface area contributed by atoms with Crippen LogP contribution in [0.2, 0.25) is 5.02 Å². The molecule has 33 heavy (non-hydrogen) atoms. The summed E-state index contributed by atoms with van der Waals surface area (Å²) in [7, 11) is 0. The zero-order valence-corrected chi connectivity index (χ0v) is 18.2. The number of H-pyrrole nitrogens is 1. The van der Waals surface area contributed by atoms with Crippen molar-refractivity contribution in [3.63, 3.8) is 0 Å². The lowest BCUT2D eigenvalue weighted by molar-refractivity contribution is -0.149. The fourth-order valence-corrected chi connectivity index (χ4v) is 4.24. The predicted octanol–water partition coefficient (Wildman–Crippen LogP) is 4.77. The highest BCUT2D eigenvalue weighted by Crippen LogP contribution is 2.28. The Morgan fingerprint density at radius 3 is 2.24 bits per heavy atom. The Hall–Kier alpha value is -3.90. The SMILES string of the molecule is O=C(OCc1ccc(Cl)cc1)[C@H](Cc1c[nH]c2ccccc12)N1C(=O)c2ccccc2C1=O.